The van der Waals surface area contributed by atoms with Crippen LogP contribution >= 0.6 is 11.8 Å². The van der Waals surface area contributed by atoms with Crippen LogP contribution in [0.25, 0.3) is 11.0 Å². The minimum absolute atomic E-state index is 0.0151. The van der Waals surface area contributed by atoms with Crippen LogP contribution in [0.2, 0.25) is 0 Å². The molecule has 19 heavy (non-hydrogen) atoms. The normalized spacial score (nSPS) is 11.6. The van der Waals surface area contributed by atoms with E-state index < -0.39 is 11.2 Å². The Morgan fingerprint density at radius 1 is 1.58 bits per heavy atom. The molecule has 2 aromatic rings. The highest BCUT2D eigenvalue weighted by atomic mass is 32.2. The smallest absolute Gasteiger partial charge is 0.379 e. The van der Waals surface area contributed by atoms with Crippen molar-refractivity contribution in [2.75, 3.05) is 7.11 Å². The third kappa shape index (κ3) is 2.76. The molecule has 9 heteroatoms. The van der Waals surface area contributed by atoms with Crippen molar-refractivity contribution in [3.05, 3.63) is 18.2 Å². The van der Waals surface area contributed by atoms with Crippen molar-refractivity contribution >= 4 is 28.7 Å². The van der Waals surface area contributed by atoms with E-state index in [4.69, 9.17) is 4.74 Å². The lowest BCUT2D eigenvalue weighted by Gasteiger charge is -2.10. The third-order valence-electron chi connectivity index (χ3n) is 2.29. The van der Waals surface area contributed by atoms with Gasteiger partial charge in [-0.25, -0.2) is 10.8 Å². The topological polar surface area (TPSA) is 93.0 Å². The summed E-state index contributed by atoms with van der Waals surface area (Å²) in [4.78, 5) is 17.5. The van der Waals surface area contributed by atoms with Crippen LogP contribution in [0.1, 0.15) is 0 Å². The number of imidazole rings is 1. The van der Waals surface area contributed by atoms with Crippen LogP contribution in [0, 0.1) is 0 Å². The lowest BCUT2D eigenvalue weighted by Crippen LogP contribution is -2.41. The molecule has 0 aliphatic carbocycles. The van der Waals surface area contributed by atoms with Crippen LogP contribution < -0.4 is 16.0 Å². The highest BCUT2D eigenvalue weighted by Gasteiger charge is 2.41. The van der Waals surface area contributed by atoms with E-state index in [1.807, 2.05) is 0 Å². The zero-order chi connectivity index (χ0) is 14.0. The molecule has 1 aromatic heterocycles. The number of hydrogen-bond donors (Lipinski definition) is 3. The Balaban J connectivity index is 2.29. The highest BCUT2D eigenvalue weighted by molar-refractivity contribution is 8.00. The van der Waals surface area contributed by atoms with Crippen LogP contribution in [0.4, 0.5) is 8.78 Å². The van der Waals surface area contributed by atoms with E-state index in [9.17, 15) is 13.6 Å². The van der Waals surface area contributed by atoms with E-state index in [-0.39, 0.29) is 16.9 Å². The summed E-state index contributed by atoms with van der Waals surface area (Å²) in [6.45, 7) is 0. The zero-order valence-corrected chi connectivity index (χ0v) is 10.6. The summed E-state index contributed by atoms with van der Waals surface area (Å²) in [5, 5.41) is -3.79. The van der Waals surface area contributed by atoms with E-state index in [1.54, 1.807) is 18.2 Å². The Morgan fingerprint density at radius 2 is 2.32 bits per heavy atom. The maximum absolute atomic E-state index is 13.4. The number of carbonyl (C=O) groups is 1. The Bertz CT molecular complexity index is 617. The van der Waals surface area contributed by atoms with Gasteiger partial charge in [-0.1, -0.05) is 0 Å². The standard InChI is InChI=1S/C10H10F2N4O2S/c1-18-5-2-3-6-7(4-5)15-9(14-6)19-10(11,12)8(17)16-13/h2-4H,13H2,1H3,(H,14,15)(H,16,17). The summed E-state index contributed by atoms with van der Waals surface area (Å²) in [5.74, 6) is 3.67. The summed E-state index contributed by atoms with van der Waals surface area (Å²) < 4.78 is 31.7. The quantitative estimate of drug-likeness (QED) is 0.341. The molecule has 0 atom stereocenters. The Labute approximate surface area is 110 Å². The molecule has 0 saturated carbocycles. The second-order valence-electron chi connectivity index (χ2n) is 3.52. The highest BCUT2D eigenvalue weighted by Crippen LogP contribution is 2.35. The minimum Gasteiger partial charge on any atom is -0.497 e. The molecule has 0 spiro atoms. The summed E-state index contributed by atoms with van der Waals surface area (Å²) in [5.41, 5.74) is 2.43. The molecular formula is C10H10F2N4O2S. The van der Waals surface area contributed by atoms with Crippen molar-refractivity contribution in [2.24, 2.45) is 5.84 Å². The van der Waals surface area contributed by atoms with Crippen molar-refractivity contribution in [3.8, 4) is 5.75 Å². The fourth-order valence-corrected chi connectivity index (χ4v) is 2.09. The van der Waals surface area contributed by atoms with Crippen molar-refractivity contribution in [2.45, 2.75) is 10.4 Å². The van der Waals surface area contributed by atoms with Gasteiger partial charge < -0.3 is 9.72 Å². The number of nitrogens with one attached hydrogen (secondary N) is 2. The Hall–Kier alpha value is -1.87. The SMILES string of the molecule is COc1ccc2nc(SC(F)(F)C(=O)NN)[nH]c2c1. The molecule has 4 N–H and O–H groups in total. The van der Waals surface area contributed by atoms with Gasteiger partial charge >= 0.3 is 11.2 Å². The van der Waals surface area contributed by atoms with Crippen molar-refractivity contribution in [3.63, 3.8) is 0 Å². The number of carbonyl (C=O) groups excluding carboxylic acids is 1. The molecule has 0 aliphatic rings. The number of methoxy groups -OCH3 is 1. The predicted octanol–water partition coefficient (Wildman–Crippen LogP) is 1.25. The first-order valence-electron chi connectivity index (χ1n) is 5.08. The van der Waals surface area contributed by atoms with Gasteiger partial charge in [0, 0.05) is 6.07 Å². The van der Waals surface area contributed by atoms with Crippen LogP contribution in [0.15, 0.2) is 23.4 Å². The number of aromatic nitrogens is 2. The number of fused-ring (bicyclic) bond motifs is 1. The fraction of sp³-hybridized carbons (Fsp3) is 0.200. The van der Waals surface area contributed by atoms with Crippen molar-refractivity contribution < 1.29 is 18.3 Å². The fourth-order valence-electron chi connectivity index (χ4n) is 1.39. The summed E-state index contributed by atoms with van der Waals surface area (Å²) in [6.07, 6.45) is 0. The minimum atomic E-state index is -3.70. The van der Waals surface area contributed by atoms with Crippen LogP contribution in [-0.4, -0.2) is 28.2 Å². The van der Waals surface area contributed by atoms with E-state index in [0.717, 1.165) is 0 Å². The first-order chi connectivity index (χ1) is 8.96. The lowest BCUT2D eigenvalue weighted by atomic mass is 10.3. The van der Waals surface area contributed by atoms with Crippen LogP contribution in [0.3, 0.4) is 0 Å². The number of H-pyrrole nitrogens is 1. The van der Waals surface area contributed by atoms with Gasteiger partial charge in [0.05, 0.1) is 18.1 Å². The maximum atomic E-state index is 13.4. The molecule has 6 nitrogen and oxygen atoms in total. The summed E-state index contributed by atoms with van der Waals surface area (Å²) in [7, 11) is 1.49. The molecule has 0 radical (unpaired) electrons. The lowest BCUT2D eigenvalue weighted by molar-refractivity contribution is -0.134. The molecule has 0 saturated heterocycles. The number of hydrazine groups is 1. The number of halogens is 2. The molecule has 0 fully saturated rings. The van der Waals surface area contributed by atoms with Gasteiger partial charge in [0.15, 0.2) is 5.16 Å². The third-order valence-corrected chi connectivity index (χ3v) is 3.12. The van der Waals surface area contributed by atoms with Gasteiger partial charge in [-0.2, -0.15) is 8.78 Å². The Kier molecular flexibility index (Phi) is 3.58. The van der Waals surface area contributed by atoms with Gasteiger partial charge in [-0.15, -0.1) is 0 Å². The molecule has 1 heterocycles. The number of nitrogens with zero attached hydrogens (tertiary/aromatic N) is 1. The first-order valence-corrected chi connectivity index (χ1v) is 5.89. The number of alkyl halides is 2. The van der Waals surface area contributed by atoms with Crippen molar-refractivity contribution in [1.82, 2.24) is 15.4 Å². The maximum Gasteiger partial charge on any atom is 0.379 e. The molecule has 2 rings (SSSR count). The number of ether oxygens (including phenoxy) is 1. The summed E-state index contributed by atoms with van der Waals surface area (Å²) >= 11 is -0.0151. The molecular weight excluding hydrogens is 278 g/mol. The van der Waals surface area contributed by atoms with Gasteiger partial charge in [-0.3, -0.25) is 10.2 Å². The number of aromatic amines is 1. The van der Waals surface area contributed by atoms with E-state index in [2.05, 4.69) is 15.8 Å². The van der Waals surface area contributed by atoms with Gasteiger partial charge in [-0.05, 0) is 23.9 Å². The van der Waals surface area contributed by atoms with Gasteiger partial charge in [0.25, 0.3) is 0 Å². The van der Waals surface area contributed by atoms with Crippen LogP contribution in [-0.2, 0) is 4.79 Å². The molecule has 102 valence electrons. The average molecular weight is 288 g/mol. The number of thioether (sulfide) groups is 1. The first kappa shape index (κ1) is 13.6. The largest absolute Gasteiger partial charge is 0.497 e. The molecule has 1 amide bonds. The summed E-state index contributed by atoms with van der Waals surface area (Å²) in [6, 6.07) is 4.89. The number of nitrogens with two attached hydrogens (primary N) is 1. The van der Waals surface area contributed by atoms with Gasteiger partial charge in [0.1, 0.15) is 5.75 Å². The second kappa shape index (κ2) is 5.02. The second-order valence-corrected chi connectivity index (χ2v) is 4.62. The number of rotatable bonds is 4. The van der Waals surface area contributed by atoms with E-state index in [1.165, 1.54) is 12.5 Å². The van der Waals surface area contributed by atoms with E-state index >= 15 is 0 Å². The number of benzene rings is 1. The number of hydrogen-bond acceptors (Lipinski definition) is 5. The molecule has 1 aromatic carbocycles. The molecule has 0 unspecified atom stereocenters. The van der Waals surface area contributed by atoms with Crippen molar-refractivity contribution in [1.29, 1.82) is 0 Å². The molecule has 0 aliphatic heterocycles. The monoisotopic (exact) mass is 288 g/mol. The van der Waals surface area contributed by atoms with Gasteiger partial charge in [0.2, 0.25) is 0 Å². The van der Waals surface area contributed by atoms with E-state index in [0.29, 0.717) is 16.8 Å². The average Bonchev–Trinajstić information content (AvgIpc) is 2.77. The predicted molar refractivity (Wildman–Crippen MR) is 65.8 cm³/mol. The van der Waals surface area contributed by atoms with Crippen LogP contribution in [0.5, 0.6) is 5.75 Å². The Morgan fingerprint density at radius 3 is 2.95 bits per heavy atom. The zero-order valence-electron chi connectivity index (χ0n) is 9.74. The molecule has 0 bridgehead atoms. The number of amides is 1.